The Bertz CT molecular complexity index is 233. The summed E-state index contributed by atoms with van der Waals surface area (Å²) in [6.45, 7) is 6.18. The second-order valence-electron chi connectivity index (χ2n) is 6.45. The molecule has 1 aliphatic heterocycles. The molecule has 2 nitrogen and oxygen atoms in total. The molecule has 1 saturated heterocycles. The Labute approximate surface area is 106 Å². The first-order valence-electron chi connectivity index (χ1n) is 7.86. The molecule has 2 heteroatoms. The first-order chi connectivity index (χ1) is 8.38. The van der Waals surface area contributed by atoms with Gasteiger partial charge in [-0.15, -0.1) is 0 Å². The molecule has 1 N–H and O–H groups in total. The van der Waals surface area contributed by atoms with Crippen LogP contribution in [0.4, 0.5) is 0 Å². The van der Waals surface area contributed by atoms with Gasteiger partial charge in [-0.3, -0.25) is 4.90 Å². The largest absolute Gasteiger partial charge is 0.313 e. The minimum absolute atomic E-state index is 0.781. The fourth-order valence-electron chi connectivity index (χ4n) is 3.65. The van der Waals surface area contributed by atoms with Gasteiger partial charge in [0.1, 0.15) is 0 Å². The standard InChI is InChI=1S/C15H28N2/c1-2-9-16-14-4-3-10-17(11-14)15(12-5-6-12)13-7-8-13/h12-16H,2-11H2,1H3. The molecule has 0 radical (unpaired) electrons. The summed E-state index contributed by atoms with van der Waals surface area (Å²) < 4.78 is 0. The van der Waals surface area contributed by atoms with Crippen molar-refractivity contribution in [2.45, 2.75) is 64.0 Å². The first-order valence-corrected chi connectivity index (χ1v) is 7.86. The second kappa shape index (κ2) is 5.27. The zero-order chi connectivity index (χ0) is 11.7. The van der Waals surface area contributed by atoms with Crippen LogP contribution in [0, 0.1) is 11.8 Å². The van der Waals surface area contributed by atoms with Crippen LogP contribution in [-0.4, -0.2) is 36.6 Å². The van der Waals surface area contributed by atoms with Gasteiger partial charge in [-0.1, -0.05) is 6.92 Å². The molecule has 0 amide bonds. The van der Waals surface area contributed by atoms with Crippen molar-refractivity contribution in [3.63, 3.8) is 0 Å². The van der Waals surface area contributed by atoms with Crippen molar-refractivity contribution in [3.05, 3.63) is 0 Å². The first kappa shape index (κ1) is 12.0. The summed E-state index contributed by atoms with van der Waals surface area (Å²) in [6.07, 6.45) is 10.2. The van der Waals surface area contributed by atoms with Crippen molar-refractivity contribution in [1.29, 1.82) is 0 Å². The van der Waals surface area contributed by atoms with E-state index in [-0.39, 0.29) is 0 Å². The summed E-state index contributed by atoms with van der Waals surface area (Å²) >= 11 is 0. The maximum atomic E-state index is 3.73. The van der Waals surface area contributed by atoms with Gasteiger partial charge in [0.25, 0.3) is 0 Å². The van der Waals surface area contributed by atoms with E-state index >= 15 is 0 Å². The topological polar surface area (TPSA) is 15.3 Å². The highest BCUT2D eigenvalue weighted by Crippen LogP contribution is 2.47. The van der Waals surface area contributed by atoms with Gasteiger partial charge in [0.05, 0.1) is 0 Å². The summed E-state index contributed by atoms with van der Waals surface area (Å²) in [5.41, 5.74) is 0. The number of piperidine rings is 1. The number of hydrogen-bond acceptors (Lipinski definition) is 2. The Balaban J connectivity index is 1.54. The van der Waals surface area contributed by atoms with E-state index in [1.54, 1.807) is 0 Å². The van der Waals surface area contributed by atoms with E-state index < -0.39 is 0 Å². The van der Waals surface area contributed by atoms with Crippen LogP contribution >= 0.6 is 0 Å². The van der Waals surface area contributed by atoms with Crippen molar-refractivity contribution in [1.82, 2.24) is 10.2 Å². The van der Waals surface area contributed by atoms with Gasteiger partial charge in [-0.25, -0.2) is 0 Å². The third kappa shape index (κ3) is 3.03. The molecular formula is C15H28N2. The van der Waals surface area contributed by atoms with E-state index in [9.17, 15) is 0 Å². The highest BCUT2D eigenvalue weighted by Gasteiger charge is 2.45. The van der Waals surface area contributed by atoms with Gasteiger partial charge >= 0.3 is 0 Å². The van der Waals surface area contributed by atoms with Gasteiger partial charge in [0, 0.05) is 18.6 Å². The molecule has 0 aromatic rings. The Hall–Kier alpha value is -0.0800. The highest BCUT2D eigenvalue weighted by atomic mass is 15.2. The lowest BCUT2D eigenvalue weighted by molar-refractivity contribution is 0.108. The number of nitrogens with zero attached hydrogens (tertiary/aromatic N) is 1. The molecule has 0 aromatic heterocycles. The van der Waals surface area contributed by atoms with Crippen LogP contribution in [0.5, 0.6) is 0 Å². The molecule has 1 unspecified atom stereocenters. The molecule has 3 rings (SSSR count). The van der Waals surface area contributed by atoms with Crippen LogP contribution in [0.3, 0.4) is 0 Å². The molecule has 0 spiro atoms. The molecule has 0 bridgehead atoms. The quantitative estimate of drug-likeness (QED) is 0.763. The smallest absolute Gasteiger partial charge is 0.0195 e. The molecular weight excluding hydrogens is 208 g/mol. The maximum Gasteiger partial charge on any atom is 0.0195 e. The van der Waals surface area contributed by atoms with Crippen molar-refractivity contribution in [2.24, 2.45) is 11.8 Å². The lowest BCUT2D eigenvalue weighted by atomic mass is 9.98. The molecule has 1 atom stereocenters. The monoisotopic (exact) mass is 236 g/mol. The number of likely N-dealkylation sites (tertiary alicyclic amines) is 1. The van der Waals surface area contributed by atoms with Crippen LogP contribution in [0.2, 0.25) is 0 Å². The lowest BCUT2D eigenvalue weighted by Crippen LogP contribution is -2.51. The van der Waals surface area contributed by atoms with Gasteiger partial charge in [-0.05, 0) is 69.9 Å². The fourth-order valence-corrected chi connectivity index (χ4v) is 3.65. The third-order valence-corrected chi connectivity index (χ3v) is 4.77. The zero-order valence-electron chi connectivity index (χ0n) is 11.3. The summed E-state index contributed by atoms with van der Waals surface area (Å²) in [5, 5.41) is 3.73. The summed E-state index contributed by atoms with van der Waals surface area (Å²) in [6, 6.07) is 1.75. The Kier molecular flexibility index (Phi) is 3.72. The van der Waals surface area contributed by atoms with E-state index in [0.717, 1.165) is 23.9 Å². The Morgan fingerprint density at radius 3 is 2.41 bits per heavy atom. The van der Waals surface area contributed by atoms with E-state index in [1.807, 2.05) is 0 Å². The summed E-state index contributed by atoms with van der Waals surface area (Å²) in [7, 11) is 0. The average molecular weight is 236 g/mol. The second-order valence-corrected chi connectivity index (χ2v) is 6.45. The highest BCUT2D eigenvalue weighted by molar-refractivity contribution is 4.99. The van der Waals surface area contributed by atoms with Crippen molar-refractivity contribution < 1.29 is 0 Å². The van der Waals surface area contributed by atoms with Gasteiger partial charge in [0.2, 0.25) is 0 Å². The summed E-state index contributed by atoms with van der Waals surface area (Å²) in [4.78, 5) is 2.85. The number of hydrogen-bond donors (Lipinski definition) is 1. The van der Waals surface area contributed by atoms with Crippen molar-refractivity contribution >= 4 is 0 Å². The molecule has 2 saturated carbocycles. The van der Waals surface area contributed by atoms with E-state index in [4.69, 9.17) is 0 Å². The SMILES string of the molecule is CCCNC1CCCN(C(C2CC2)C2CC2)C1. The van der Waals surface area contributed by atoms with Gasteiger partial charge < -0.3 is 5.32 Å². The average Bonchev–Trinajstić information content (AvgIpc) is 3.21. The van der Waals surface area contributed by atoms with Crippen molar-refractivity contribution in [2.75, 3.05) is 19.6 Å². The van der Waals surface area contributed by atoms with Crippen LogP contribution in [0.25, 0.3) is 0 Å². The maximum absolute atomic E-state index is 3.73. The van der Waals surface area contributed by atoms with E-state index in [2.05, 4.69) is 17.1 Å². The Morgan fingerprint density at radius 2 is 1.82 bits per heavy atom. The molecule has 3 aliphatic rings. The molecule has 98 valence electrons. The predicted molar refractivity (Wildman–Crippen MR) is 72.1 cm³/mol. The molecule has 1 heterocycles. The third-order valence-electron chi connectivity index (χ3n) is 4.77. The minimum atomic E-state index is 0.781. The van der Waals surface area contributed by atoms with Gasteiger partial charge in [-0.2, -0.15) is 0 Å². The summed E-state index contributed by atoms with van der Waals surface area (Å²) in [5.74, 6) is 2.15. The Morgan fingerprint density at radius 1 is 1.12 bits per heavy atom. The molecule has 0 aromatic carbocycles. The number of rotatable bonds is 6. The van der Waals surface area contributed by atoms with Crippen LogP contribution < -0.4 is 5.32 Å². The van der Waals surface area contributed by atoms with Crippen LogP contribution in [0.1, 0.15) is 51.9 Å². The van der Waals surface area contributed by atoms with Crippen LogP contribution in [0.15, 0.2) is 0 Å². The van der Waals surface area contributed by atoms with E-state index in [0.29, 0.717) is 0 Å². The molecule has 17 heavy (non-hydrogen) atoms. The molecule has 3 fully saturated rings. The zero-order valence-corrected chi connectivity index (χ0v) is 11.3. The normalized spacial score (nSPS) is 31.1. The van der Waals surface area contributed by atoms with Gasteiger partial charge in [0.15, 0.2) is 0 Å². The lowest BCUT2D eigenvalue weighted by Gasteiger charge is -2.39. The van der Waals surface area contributed by atoms with Crippen LogP contribution in [-0.2, 0) is 0 Å². The number of nitrogens with one attached hydrogen (secondary N) is 1. The minimum Gasteiger partial charge on any atom is -0.313 e. The van der Waals surface area contributed by atoms with Crippen molar-refractivity contribution in [3.8, 4) is 0 Å². The molecule has 2 aliphatic carbocycles. The predicted octanol–water partition coefficient (Wildman–Crippen LogP) is 2.64. The van der Waals surface area contributed by atoms with E-state index in [1.165, 1.54) is 64.6 Å². The fraction of sp³-hybridized carbons (Fsp3) is 1.00.